The highest BCUT2D eigenvalue weighted by molar-refractivity contribution is 7.15. The van der Waals surface area contributed by atoms with E-state index in [0.29, 0.717) is 0 Å². The van der Waals surface area contributed by atoms with Gasteiger partial charge in [0.15, 0.2) is 0 Å². The fourth-order valence-corrected chi connectivity index (χ4v) is 7.40. The zero-order valence-corrected chi connectivity index (χ0v) is 24.3. The molecule has 3 aromatic carbocycles. The van der Waals surface area contributed by atoms with Crippen LogP contribution in [0.25, 0.3) is 65.2 Å². The van der Waals surface area contributed by atoms with E-state index in [1.165, 1.54) is 0 Å². The van der Waals surface area contributed by atoms with Gasteiger partial charge in [-0.3, -0.25) is 0 Å². The highest BCUT2D eigenvalue weighted by Crippen LogP contribution is 2.43. The van der Waals surface area contributed by atoms with Crippen LogP contribution in [-0.4, -0.2) is 19.9 Å². The Morgan fingerprint density at radius 2 is 0.750 bits per heavy atom. The zero-order chi connectivity index (χ0) is 27.4. The van der Waals surface area contributed by atoms with Crippen molar-refractivity contribution >= 4 is 44.2 Å². The molecule has 4 nitrogen and oxygen atoms in total. The monoisotopic (exact) mass is 554 g/mol. The lowest BCUT2D eigenvalue weighted by atomic mass is 9.88. The molecule has 0 aliphatic carbocycles. The molecule has 0 spiro atoms. The van der Waals surface area contributed by atoms with Gasteiger partial charge in [-0.05, 0) is 73.5 Å². The second kappa shape index (κ2) is 9.73. The Bertz CT molecular complexity index is 1860. The van der Waals surface area contributed by atoms with Crippen LogP contribution < -0.4 is 0 Å². The fraction of sp³-hybridized carbons (Fsp3) is 0.118. The number of pyridine rings is 2. The van der Waals surface area contributed by atoms with Gasteiger partial charge in [0.25, 0.3) is 0 Å². The average molecular weight is 555 g/mol. The summed E-state index contributed by atoms with van der Waals surface area (Å²) in [6.07, 6.45) is 0. The van der Waals surface area contributed by atoms with Crippen molar-refractivity contribution < 1.29 is 0 Å². The molecular formula is C34H26N4S2. The van der Waals surface area contributed by atoms with Crippen molar-refractivity contribution in [3.63, 3.8) is 0 Å². The maximum absolute atomic E-state index is 5.21. The summed E-state index contributed by atoms with van der Waals surface area (Å²) in [5, 5.41) is 6.76. The first-order chi connectivity index (χ1) is 19.5. The van der Waals surface area contributed by atoms with E-state index in [0.717, 1.165) is 86.6 Å². The number of aryl methyl sites for hydroxylation is 4. The first kappa shape index (κ1) is 24.8. The van der Waals surface area contributed by atoms with Crippen molar-refractivity contribution in [3.05, 3.63) is 106 Å². The van der Waals surface area contributed by atoms with E-state index in [9.17, 15) is 0 Å². The van der Waals surface area contributed by atoms with Crippen molar-refractivity contribution in [3.8, 4) is 43.7 Å². The third-order valence-electron chi connectivity index (χ3n) is 7.21. The molecule has 194 valence electrons. The van der Waals surface area contributed by atoms with Crippen molar-refractivity contribution in [2.24, 2.45) is 0 Å². The molecule has 40 heavy (non-hydrogen) atoms. The lowest BCUT2D eigenvalue weighted by Gasteiger charge is -2.17. The minimum absolute atomic E-state index is 0.958. The maximum atomic E-state index is 5.21. The van der Waals surface area contributed by atoms with Gasteiger partial charge in [-0.1, -0.05) is 60.7 Å². The molecule has 4 aromatic heterocycles. The minimum Gasteiger partial charge on any atom is -0.247 e. The van der Waals surface area contributed by atoms with Gasteiger partial charge < -0.3 is 0 Å². The number of benzene rings is 3. The summed E-state index contributed by atoms with van der Waals surface area (Å²) in [7, 11) is 0. The molecule has 0 atom stereocenters. The van der Waals surface area contributed by atoms with Gasteiger partial charge in [0.05, 0.1) is 53.9 Å². The summed E-state index contributed by atoms with van der Waals surface area (Å²) >= 11 is 3.39. The Balaban J connectivity index is 1.50. The number of aromatic nitrogens is 4. The standard InChI is InChI=1S/C34H26N4S2/c1-19-33(39-21(3)35-19)29-17-9-15-27(37-29)31-23-11-5-7-13-25(23)32(26-14-8-6-12-24(26)31)28-16-10-18-30(38-28)34-20(2)36-22(4)40-34/h5-18H,1-4H3. The SMILES string of the molecule is Cc1nc(C)c(-c2cccc(-c3c4ccccc4c(-c4cccc(-c5sc(C)nc5C)n4)c4ccccc34)n2)s1. The predicted molar refractivity (Wildman–Crippen MR) is 169 cm³/mol. The molecule has 0 aliphatic heterocycles. The summed E-state index contributed by atoms with van der Waals surface area (Å²) in [6, 6.07) is 29.9. The predicted octanol–water partition coefficient (Wildman–Crippen LogP) is 9.60. The summed E-state index contributed by atoms with van der Waals surface area (Å²) in [5.74, 6) is 0. The van der Waals surface area contributed by atoms with Crippen LogP contribution in [0.15, 0.2) is 84.9 Å². The van der Waals surface area contributed by atoms with Crippen LogP contribution in [0, 0.1) is 27.7 Å². The molecule has 0 N–H and O–H groups in total. The number of rotatable bonds is 4. The first-order valence-electron chi connectivity index (χ1n) is 13.2. The molecule has 0 saturated carbocycles. The molecular weight excluding hydrogens is 529 g/mol. The third-order valence-corrected chi connectivity index (χ3v) is 9.41. The van der Waals surface area contributed by atoms with Gasteiger partial charge in [-0.2, -0.15) is 0 Å². The van der Waals surface area contributed by atoms with Gasteiger partial charge in [-0.25, -0.2) is 19.9 Å². The average Bonchev–Trinajstić information content (AvgIpc) is 3.50. The van der Waals surface area contributed by atoms with Gasteiger partial charge in [0.2, 0.25) is 0 Å². The minimum atomic E-state index is 0.958. The topological polar surface area (TPSA) is 51.6 Å². The van der Waals surface area contributed by atoms with Crippen molar-refractivity contribution in [2.45, 2.75) is 27.7 Å². The molecule has 0 radical (unpaired) electrons. The molecule has 7 aromatic rings. The van der Waals surface area contributed by atoms with Crippen LogP contribution in [0.3, 0.4) is 0 Å². The summed E-state index contributed by atoms with van der Waals surface area (Å²) in [6.45, 7) is 8.21. The lowest BCUT2D eigenvalue weighted by molar-refractivity contribution is 1.19. The Morgan fingerprint density at radius 3 is 1.07 bits per heavy atom. The summed E-state index contributed by atoms with van der Waals surface area (Å²) in [5.41, 5.74) is 8.16. The Kier molecular flexibility index (Phi) is 6.02. The maximum Gasteiger partial charge on any atom is 0.0904 e. The highest BCUT2D eigenvalue weighted by atomic mass is 32.1. The second-order valence-corrected chi connectivity index (χ2v) is 12.4. The Hall–Kier alpha value is -4.26. The smallest absolute Gasteiger partial charge is 0.0904 e. The molecule has 0 bridgehead atoms. The largest absolute Gasteiger partial charge is 0.247 e. The van der Waals surface area contributed by atoms with Gasteiger partial charge in [-0.15, -0.1) is 22.7 Å². The summed E-state index contributed by atoms with van der Waals surface area (Å²) in [4.78, 5) is 21.9. The van der Waals surface area contributed by atoms with Crippen molar-refractivity contribution in [1.82, 2.24) is 19.9 Å². The van der Waals surface area contributed by atoms with E-state index >= 15 is 0 Å². The molecule has 0 unspecified atom stereocenters. The van der Waals surface area contributed by atoms with E-state index in [1.54, 1.807) is 22.7 Å². The number of thiazole rings is 2. The van der Waals surface area contributed by atoms with E-state index in [4.69, 9.17) is 9.97 Å². The van der Waals surface area contributed by atoms with Crippen molar-refractivity contribution in [2.75, 3.05) is 0 Å². The molecule has 6 heteroatoms. The Labute approximate surface area is 241 Å². The molecule has 7 rings (SSSR count). The number of hydrogen-bond acceptors (Lipinski definition) is 6. The highest BCUT2D eigenvalue weighted by Gasteiger charge is 2.20. The van der Waals surface area contributed by atoms with E-state index in [2.05, 4.69) is 109 Å². The number of fused-ring (bicyclic) bond motifs is 2. The third kappa shape index (κ3) is 4.12. The Morgan fingerprint density at radius 1 is 0.400 bits per heavy atom. The number of hydrogen-bond donors (Lipinski definition) is 0. The van der Waals surface area contributed by atoms with Crippen LogP contribution in [0.4, 0.5) is 0 Å². The van der Waals surface area contributed by atoms with E-state index in [1.807, 2.05) is 13.8 Å². The van der Waals surface area contributed by atoms with Gasteiger partial charge in [0, 0.05) is 11.1 Å². The summed E-state index contributed by atoms with van der Waals surface area (Å²) < 4.78 is 0. The van der Waals surface area contributed by atoms with Crippen LogP contribution in [0.1, 0.15) is 21.4 Å². The normalized spacial score (nSPS) is 11.5. The second-order valence-electron chi connectivity index (χ2n) is 9.95. The van der Waals surface area contributed by atoms with Crippen LogP contribution >= 0.6 is 22.7 Å². The van der Waals surface area contributed by atoms with Crippen molar-refractivity contribution in [1.29, 1.82) is 0 Å². The molecule has 0 aliphatic rings. The van der Waals surface area contributed by atoms with E-state index in [-0.39, 0.29) is 0 Å². The molecule has 4 heterocycles. The quantitative estimate of drug-likeness (QED) is 0.203. The fourth-order valence-electron chi connectivity index (χ4n) is 5.62. The van der Waals surface area contributed by atoms with Gasteiger partial charge in [0.1, 0.15) is 0 Å². The number of nitrogens with zero attached hydrogens (tertiary/aromatic N) is 4. The molecule has 0 saturated heterocycles. The zero-order valence-electron chi connectivity index (χ0n) is 22.7. The van der Waals surface area contributed by atoms with E-state index < -0.39 is 0 Å². The molecule has 0 fully saturated rings. The molecule has 0 amide bonds. The lowest BCUT2D eigenvalue weighted by Crippen LogP contribution is -1.95. The first-order valence-corrected chi connectivity index (χ1v) is 14.9. The van der Waals surface area contributed by atoms with Crippen LogP contribution in [0.2, 0.25) is 0 Å². The van der Waals surface area contributed by atoms with Gasteiger partial charge >= 0.3 is 0 Å². The van der Waals surface area contributed by atoms with Crippen LogP contribution in [0.5, 0.6) is 0 Å². The van der Waals surface area contributed by atoms with Crippen LogP contribution in [-0.2, 0) is 0 Å².